The number of carbonyl (C=O) groups is 1. The largest absolute Gasteiger partial charge is 0.338 e. The molecule has 18 heavy (non-hydrogen) atoms. The number of nitrogens with zero attached hydrogens (tertiary/aromatic N) is 1. The van der Waals surface area contributed by atoms with Gasteiger partial charge in [0.1, 0.15) is 0 Å². The number of hydrogen-bond acceptors (Lipinski definition) is 2. The highest BCUT2D eigenvalue weighted by molar-refractivity contribution is 6.34. The highest BCUT2D eigenvalue weighted by Crippen LogP contribution is 2.22. The Labute approximate surface area is 116 Å². The number of benzene rings is 1. The van der Waals surface area contributed by atoms with E-state index in [0.29, 0.717) is 23.1 Å². The summed E-state index contributed by atoms with van der Waals surface area (Å²) < 4.78 is 0. The number of likely N-dealkylation sites (tertiary alicyclic amines) is 1. The molecule has 1 amide bonds. The minimum Gasteiger partial charge on any atom is -0.338 e. The maximum absolute atomic E-state index is 11.9. The van der Waals surface area contributed by atoms with Gasteiger partial charge < -0.3 is 10.6 Å². The predicted molar refractivity (Wildman–Crippen MR) is 74.7 cm³/mol. The van der Waals surface area contributed by atoms with Crippen molar-refractivity contribution in [1.29, 1.82) is 0 Å². The highest BCUT2D eigenvalue weighted by atomic mass is 35.5. The van der Waals surface area contributed by atoms with Crippen molar-refractivity contribution in [3.63, 3.8) is 0 Å². The minimum absolute atomic E-state index is 0.0426. The van der Waals surface area contributed by atoms with Gasteiger partial charge in [0.05, 0.1) is 0 Å². The van der Waals surface area contributed by atoms with Crippen LogP contribution in [0.4, 0.5) is 0 Å². The molecule has 96 valence electrons. The van der Waals surface area contributed by atoms with E-state index < -0.39 is 0 Å². The molecular weight excluding hydrogens is 271 g/mol. The van der Waals surface area contributed by atoms with Gasteiger partial charge in [0.25, 0.3) is 0 Å². The Morgan fingerprint density at radius 2 is 2.22 bits per heavy atom. The van der Waals surface area contributed by atoms with Crippen LogP contribution in [0.1, 0.15) is 12.0 Å². The number of rotatable bonds is 2. The average Bonchev–Trinajstić information content (AvgIpc) is 2.77. The molecule has 2 N–H and O–H groups in total. The Kier molecular flexibility index (Phi) is 4.27. The van der Waals surface area contributed by atoms with Gasteiger partial charge in [-0.2, -0.15) is 0 Å². The van der Waals surface area contributed by atoms with Crippen LogP contribution < -0.4 is 5.73 Å². The third-order valence-corrected chi connectivity index (χ3v) is 3.48. The first kappa shape index (κ1) is 13.4. The molecule has 1 atom stereocenters. The van der Waals surface area contributed by atoms with Gasteiger partial charge in [-0.1, -0.05) is 23.2 Å². The molecule has 1 saturated heterocycles. The van der Waals surface area contributed by atoms with Crippen LogP contribution in [-0.2, 0) is 4.79 Å². The van der Waals surface area contributed by atoms with Gasteiger partial charge in [0, 0.05) is 35.3 Å². The summed E-state index contributed by atoms with van der Waals surface area (Å²) >= 11 is 11.9. The maximum Gasteiger partial charge on any atom is 0.246 e. The zero-order valence-corrected chi connectivity index (χ0v) is 11.3. The van der Waals surface area contributed by atoms with E-state index in [0.717, 1.165) is 12.0 Å². The van der Waals surface area contributed by atoms with Crippen molar-refractivity contribution in [2.45, 2.75) is 12.5 Å². The fraction of sp³-hybridized carbons (Fsp3) is 0.308. The van der Waals surface area contributed by atoms with Crippen molar-refractivity contribution in [1.82, 2.24) is 4.90 Å². The van der Waals surface area contributed by atoms with Crippen LogP contribution >= 0.6 is 23.2 Å². The van der Waals surface area contributed by atoms with Crippen molar-refractivity contribution < 1.29 is 4.79 Å². The summed E-state index contributed by atoms with van der Waals surface area (Å²) in [6.45, 7) is 1.33. The minimum atomic E-state index is -0.0426. The molecule has 2 rings (SSSR count). The third kappa shape index (κ3) is 3.25. The van der Waals surface area contributed by atoms with E-state index in [1.165, 1.54) is 6.08 Å². The molecule has 0 aliphatic carbocycles. The maximum atomic E-state index is 11.9. The van der Waals surface area contributed by atoms with Crippen molar-refractivity contribution in [3.8, 4) is 0 Å². The zero-order chi connectivity index (χ0) is 13.1. The van der Waals surface area contributed by atoms with Crippen LogP contribution in [0.25, 0.3) is 6.08 Å². The predicted octanol–water partition coefficient (Wildman–Crippen LogP) is 2.57. The van der Waals surface area contributed by atoms with Crippen molar-refractivity contribution in [3.05, 3.63) is 39.9 Å². The number of hydrogen-bond donors (Lipinski definition) is 1. The Morgan fingerprint density at radius 1 is 1.44 bits per heavy atom. The standard InChI is InChI=1S/C13H14Cl2N2O/c14-10-2-3-12(15)9(7-10)1-4-13(18)17-6-5-11(16)8-17/h1-4,7,11H,5-6,8,16H2. The van der Waals surface area contributed by atoms with Gasteiger partial charge in [-0.15, -0.1) is 0 Å². The van der Waals surface area contributed by atoms with Crippen molar-refractivity contribution in [2.24, 2.45) is 5.73 Å². The van der Waals surface area contributed by atoms with Gasteiger partial charge in [-0.3, -0.25) is 4.79 Å². The second-order valence-corrected chi connectivity index (χ2v) is 5.18. The molecular formula is C13H14Cl2N2O. The summed E-state index contributed by atoms with van der Waals surface area (Å²) in [4.78, 5) is 13.6. The summed E-state index contributed by atoms with van der Waals surface area (Å²) in [6, 6.07) is 5.24. The van der Waals surface area contributed by atoms with Crippen LogP contribution in [0, 0.1) is 0 Å². The monoisotopic (exact) mass is 284 g/mol. The third-order valence-electron chi connectivity index (χ3n) is 2.90. The molecule has 0 aromatic heterocycles. The van der Waals surface area contributed by atoms with Gasteiger partial charge in [-0.05, 0) is 36.3 Å². The fourth-order valence-corrected chi connectivity index (χ4v) is 2.26. The number of nitrogens with two attached hydrogens (primary N) is 1. The fourth-order valence-electron chi connectivity index (χ4n) is 1.90. The van der Waals surface area contributed by atoms with Gasteiger partial charge >= 0.3 is 0 Å². The molecule has 1 heterocycles. The lowest BCUT2D eigenvalue weighted by Gasteiger charge is -2.12. The lowest BCUT2D eigenvalue weighted by Crippen LogP contribution is -2.30. The molecule has 1 aliphatic heterocycles. The smallest absolute Gasteiger partial charge is 0.246 e. The van der Waals surface area contributed by atoms with Crippen molar-refractivity contribution >= 4 is 35.2 Å². The van der Waals surface area contributed by atoms with Gasteiger partial charge in [-0.25, -0.2) is 0 Å². The van der Waals surface area contributed by atoms with Crippen LogP contribution in [0.5, 0.6) is 0 Å². The molecule has 0 bridgehead atoms. The lowest BCUT2D eigenvalue weighted by atomic mass is 10.2. The summed E-state index contributed by atoms with van der Waals surface area (Å²) in [5, 5.41) is 1.16. The van der Waals surface area contributed by atoms with Crippen LogP contribution in [0.15, 0.2) is 24.3 Å². The molecule has 1 aliphatic rings. The number of carbonyl (C=O) groups excluding carboxylic acids is 1. The van der Waals surface area contributed by atoms with Crippen LogP contribution in [0.3, 0.4) is 0 Å². The first-order chi connectivity index (χ1) is 8.56. The first-order valence-electron chi connectivity index (χ1n) is 5.74. The zero-order valence-electron chi connectivity index (χ0n) is 9.77. The SMILES string of the molecule is NC1CCN(C(=O)C=Cc2cc(Cl)ccc2Cl)C1. The van der Waals surface area contributed by atoms with E-state index in [1.54, 1.807) is 29.2 Å². The second kappa shape index (κ2) is 5.74. The molecule has 1 aromatic carbocycles. The average molecular weight is 285 g/mol. The highest BCUT2D eigenvalue weighted by Gasteiger charge is 2.21. The topological polar surface area (TPSA) is 46.3 Å². The molecule has 1 aromatic rings. The summed E-state index contributed by atoms with van der Waals surface area (Å²) in [6.07, 6.45) is 4.05. The molecule has 5 heteroatoms. The van der Waals surface area contributed by atoms with Crippen LogP contribution in [-0.4, -0.2) is 29.9 Å². The molecule has 0 saturated carbocycles. The van der Waals surface area contributed by atoms with E-state index in [4.69, 9.17) is 28.9 Å². The quantitative estimate of drug-likeness (QED) is 0.849. The molecule has 1 fully saturated rings. The number of amides is 1. The Bertz CT molecular complexity index is 488. The van der Waals surface area contributed by atoms with Crippen molar-refractivity contribution in [2.75, 3.05) is 13.1 Å². The first-order valence-corrected chi connectivity index (χ1v) is 6.49. The van der Waals surface area contributed by atoms with Gasteiger partial charge in [0.15, 0.2) is 0 Å². The summed E-state index contributed by atoms with van der Waals surface area (Å²) in [7, 11) is 0. The summed E-state index contributed by atoms with van der Waals surface area (Å²) in [5.41, 5.74) is 6.49. The van der Waals surface area contributed by atoms with E-state index in [9.17, 15) is 4.79 Å². The Balaban J connectivity index is 2.06. The number of halogens is 2. The van der Waals surface area contributed by atoms with E-state index in [-0.39, 0.29) is 11.9 Å². The van der Waals surface area contributed by atoms with Gasteiger partial charge in [0.2, 0.25) is 5.91 Å². The Morgan fingerprint density at radius 3 is 2.89 bits per heavy atom. The van der Waals surface area contributed by atoms with Crippen LogP contribution in [0.2, 0.25) is 10.0 Å². The molecule has 0 radical (unpaired) electrons. The van der Waals surface area contributed by atoms with E-state index in [1.807, 2.05) is 0 Å². The Hall–Kier alpha value is -1.03. The van der Waals surface area contributed by atoms with E-state index in [2.05, 4.69) is 0 Å². The summed E-state index contributed by atoms with van der Waals surface area (Å²) in [5.74, 6) is -0.0426. The lowest BCUT2D eigenvalue weighted by molar-refractivity contribution is -0.124. The molecule has 3 nitrogen and oxygen atoms in total. The van der Waals surface area contributed by atoms with E-state index >= 15 is 0 Å². The molecule has 1 unspecified atom stereocenters. The second-order valence-electron chi connectivity index (χ2n) is 4.33. The molecule has 0 spiro atoms. The normalized spacial score (nSPS) is 19.7.